The van der Waals surface area contributed by atoms with Crippen LogP contribution in [0.3, 0.4) is 0 Å². The molecule has 0 aromatic carbocycles. The molecule has 5 atom stereocenters. The maximum absolute atomic E-state index is 12.8. The third-order valence-corrected chi connectivity index (χ3v) is 5.24. The monoisotopic (exact) mass is 322 g/mol. The maximum atomic E-state index is 12.8. The van der Waals surface area contributed by atoms with Crippen molar-refractivity contribution in [3.63, 3.8) is 0 Å². The molecule has 2 aliphatic heterocycles. The fourth-order valence-corrected chi connectivity index (χ4v) is 4.16. The molecule has 3 aliphatic rings. The molecule has 0 N–H and O–H groups in total. The molecule has 3 rings (SSSR count). The van der Waals surface area contributed by atoms with Gasteiger partial charge in [-0.1, -0.05) is 6.92 Å². The number of esters is 2. The average Bonchev–Trinajstić information content (AvgIpc) is 2.84. The minimum Gasteiger partial charge on any atom is -0.459 e. The van der Waals surface area contributed by atoms with Gasteiger partial charge in [0.25, 0.3) is 0 Å². The van der Waals surface area contributed by atoms with Crippen LogP contribution in [0, 0.1) is 5.92 Å². The highest BCUT2D eigenvalue weighted by Crippen LogP contribution is 2.48. The lowest BCUT2D eigenvalue weighted by Gasteiger charge is -2.37. The molecule has 23 heavy (non-hydrogen) atoms. The second-order valence-electron chi connectivity index (χ2n) is 6.89. The Bertz CT molecular complexity index is 606. The normalized spacial score (nSPS) is 40.2. The summed E-state index contributed by atoms with van der Waals surface area (Å²) in [5, 5.41) is 0. The first-order valence-electron chi connectivity index (χ1n) is 8.04. The Kier molecular flexibility index (Phi) is 3.83. The number of ether oxygens (including phenoxy) is 3. The molecular formula is C17H22O6. The van der Waals surface area contributed by atoms with E-state index in [1.807, 2.05) is 13.8 Å². The minimum atomic E-state index is -0.841. The van der Waals surface area contributed by atoms with Crippen molar-refractivity contribution in [2.75, 3.05) is 0 Å². The van der Waals surface area contributed by atoms with E-state index in [-0.39, 0.29) is 30.2 Å². The van der Waals surface area contributed by atoms with E-state index in [4.69, 9.17) is 14.2 Å². The van der Waals surface area contributed by atoms with Crippen LogP contribution in [0.5, 0.6) is 0 Å². The first kappa shape index (κ1) is 16.2. The van der Waals surface area contributed by atoms with Crippen LogP contribution in [-0.2, 0) is 28.6 Å². The van der Waals surface area contributed by atoms with Crippen molar-refractivity contribution in [2.45, 2.75) is 70.9 Å². The highest BCUT2D eigenvalue weighted by atomic mass is 16.6. The molecule has 6 heteroatoms. The lowest BCUT2D eigenvalue weighted by molar-refractivity contribution is -0.168. The van der Waals surface area contributed by atoms with Gasteiger partial charge in [0, 0.05) is 30.9 Å². The van der Waals surface area contributed by atoms with Crippen molar-refractivity contribution < 1.29 is 28.6 Å². The molecule has 0 amide bonds. The number of hydrogen-bond donors (Lipinski definition) is 0. The zero-order chi connectivity index (χ0) is 16.9. The Balaban J connectivity index is 1.99. The number of Topliss-reactive ketones (excluding diaryl/α,β-unsaturated/α-hetero) is 1. The van der Waals surface area contributed by atoms with E-state index in [2.05, 4.69) is 0 Å². The summed E-state index contributed by atoms with van der Waals surface area (Å²) < 4.78 is 17.0. The van der Waals surface area contributed by atoms with Gasteiger partial charge in [-0.25, -0.2) is 4.79 Å². The van der Waals surface area contributed by atoms with Crippen molar-refractivity contribution in [1.29, 1.82) is 0 Å². The van der Waals surface area contributed by atoms with Gasteiger partial charge >= 0.3 is 11.9 Å². The van der Waals surface area contributed by atoms with Gasteiger partial charge in [-0.3, -0.25) is 9.59 Å². The Morgan fingerprint density at radius 1 is 1.26 bits per heavy atom. The van der Waals surface area contributed by atoms with Crippen LogP contribution < -0.4 is 0 Å². The quantitative estimate of drug-likeness (QED) is 0.684. The van der Waals surface area contributed by atoms with Gasteiger partial charge in [-0.05, 0) is 26.2 Å². The van der Waals surface area contributed by atoms with Crippen LogP contribution in [0.15, 0.2) is 11.1 Å². The summed E-state index contributed by atoms with van der Waals surface area (Å²) >= 11 is 0. The van der Waals surface area contributed by atoms with Gasteiger partial charge < -0.3 is 14.2 Å². The van der Waals surface area contributed by atoms with E-state index < -0.39 is 23.8 Å². The van der Waals surface area contributed by atoms with Crippen molar-refractivity contribution in [3.8, 4) is 0 Å². The standard InChI is InChI=1S/C17H22O6/c1-8-5-13-15(10(3)16(20)22-13)12(19)7-17(8)14(21-11(4)18)6-9(2)23-17/h8-9,13-14H,5-7H2,1-4H3. The van der Waals surface area contributed by atoms with E-state index >= 15 is 0 Å². The molecule has 0 radical (unpaired) electrons. The molecule has 0 aromatic heterocycles. The van der Waals surface area contributed by atoms with Crippen LogP contribution in [0.2, 0.25) is 0 Å². The fraction of sp³-hybridized carbons (Fsp3) is 0.706. The summed E-state index contributed by atoms with van der Waals surface area (Å²) in [6, 6.07) is 0. The van der Waals surface area contributed by atoms with Gasteiger partial charge in [-0.15, -0.1) is 0 Å². The number of fused-ring (bicyclic) bond motifs is 1. The van der Waals surface area contributed by atoms with Crippen molar-refractivity contribution in [2.24, 2.45) is 5.92 Å². The summed E-state index contributed by atoms with van der Waals surface area (Å²) in [5.74, 6) is -1.02. The molecule has 1 saturated carbocycles. The smallest absolute Gasteiger partial charge is 0.334 e. The van der Waals surface area contributed by atoms with Gasteiger partial charge in [0.1, 0.15) is 17.8 Å². The van der Waals surface area contributed by atoms with Crippen molar-refractivity contribution in [3.05, 3.63) is 11.1 Å². The zero-order valence-electron chi connectivity index (χ0n) is 13.9. The summed E-state index contributed by atoms with van der Waals surface area (Å²) in [7, 11) is 0. The van der Waals surface area contributed by atoms with Gasteiger partial charge in [0.2, 0.25) is 0 Å². The number of carbonyl (C=O) groups is 3. The van der Waals surface area contributed by atoms with Crippen LogP contribution in [0.25, 0.3) is 0 Å². The molecule has 0 bridgehead atoms. The van der Waals surface area contributed by atoms with Crippen LogP contribution >= 0.6 is 0 Å². The molecule has 126 valence electrons. The predicted octanol–water partition coefficient (Wildman–Crippen LogP) is 1.71. The lowest BCUT2D eigenvalue weighted by atomic mass is 9.79. The second-order valence-corrected chi connectivity index (χ2v) is 6.89. The van der Waals surface area contributed by atoms with Gasteiger partial charge in [0.05, 0.1) is 6.10 Å². The first-order valence-corrected chi connectivity index (χ1v) is 8.04. The Labute approximate surface area is 135 Å². The van der Waals surface area contributed by atoms with Crippen LogP contribution in [0.1, 0.15) is 47.0 Å². The molecule has 6 nitrogen and oxygen atoms in total. The molecular weight excluding hydrogens is 300 g/mol. The van der Waals surface area contributed by atoms with E-state index in [1.54, 1.807) is 6.92 Å². The largest absolute Gasteiger partial charge is 0.459 e. The number of hydrogen-bond acceptors (Lipinski definition) is 6. The summed E-state index contributed by atoms with van der Waals surface area (Å²) in [5.41, 5.74) is 0.00873. The Morgan fingerprint density at radius 2 is 1.96 bits per heavy atom. The fourth-order valence-electron chi connectivity index (χ4n) is 4.16. The summed E-state index contributed by atoms with van der Waals surface area (Å²) in [4.78, 5) is 36.0. The molecule has 2 fully saturated rings. The number of ketones is 1. The molecule has 1 saturated heterocycles. The third kappa shape index (κ3) is 2.49. The minimum absolute atomic E-state index is 0.0815. The SMILES string of the molecule is CC(=O)OC1CC(C)OC12CC(=O)C1=C(C)C(=O)OC1CC2C. The average molecular weight is 322 g/mol. The Morgan fingerprint density at radius 3 is 2.61 bits per heavy atom. The number of rotatable bonds is 1. The van der Waals surface area contributed by atoms with Crippen LogP contribution in [0.4, 0.5) is 0 Å². The van der Waals surface area contributed by atoms with Crippen LogP contribution in [-0.4, -0.2) is 41.6 Å². The second kappa shape index (κ2) is 5.44. The summed E-state index contributed by atoms with van der Waals surface area (Å²) in [6.07, 6.45) is 0.112. The van der Waals surface area contributed by atoms with Crippen molar-refractivity contribution >= 4 is 17.7 Å². The maximum Gasteiger partial charge on any atom is 0.334 e. The molecule has 2 heterocycles. The summed E-state index contributed by atoms with van der Waals surface area (Å²) in [6.45, 7) is 6.87. The van der Waals surface area contributed by atoms with Gasteiger partial charge in [0.15, 0.2) is 5.78 Å². The molecule has 0 aromatic rings. The molecule has 1 spiro atoms. The zero-order valence-corrected chi connectivity index (χ0v) is 13.9. The van der Waals surface area contributed by atoms with Crippen molar-refractivity contribution in [1.82, 2.24) is 0 Å². The highest BCUT2D eigenvalue weighted by molar-refractivity contribution is 6.07. The van der Waals surface area contributed by atoms with E-state index in [1.165, 1.54) is 6.92 Å². The van der Waals surface area contributed by atoms with Gasteiger partial charge in [-0.2, -0.15) is 0 Å². The number of carbonyl (C=O) groups excluding carboxylic acids is 3. The molecule has 1 aliphatic carbocycles. The third-order valence-electron chi connectivity index (χ3n) is 5.24. The molecule has 5 unspecified atom stereocenters. The Hall–Kier alpha value is -1.69. The van der Waals surface area contributed by atoms with E-state index in [0.717, 1.165) is 0 Å². The lowest BCUT2D eigenvalue weighted by Crippen LogP contribution is -2.48. The topological polar surface area (TPSA) is 78.9 Å². The van der Waals surface area contributed by atoms with E-state index in [9.17, 15) is 14.4 Å². The predicted molar refractivity (Wildman–Crippen MR) is 79.4 cm³/mol. The first-order chi connectivity index (χ1) is 10.7. The highest BCUT2D eigenvalue weighted by Gasteiger charge is 2.57. The van der Waals surface area contributed by atoms with E-state index in [0.29, 0.717) is 24.0 Å².